The third-order valence-electron chi connectivity index (χ3n) is 7.01. The summed E-state index contributed by atoms with van der Waals surface area (Å²) in [5.74, 6) is 1.72. The Morgan fingerprint density at radius 2 is 1.67 bits per heavy atom. The summed E-state index contributed by atoms with van der Waals surface area (Å²) < 4.78 is 49.7. The van der Waals surface area contributed by atoms with Crippen molar-refractivity contribution in [2.24, 2.45) is 10.7 Å². The Bertz CT molecular complexity index is 1730. The smallest absolute Gasteiger partial charge is 0.269 e. The van der Waals surface area contributed by atoms with Crippen molar-refractivity contribution < 1.29 is 27.2 Å². The normalized spacial score (nSPS) is 17.8. The van der Waals surface area contributed by atoms with Crippen LogP contribution in [0.3, 0.4) is 0 Å². The van der Waals surface area contributed by atoms with Crippen LogP contribution in [-0.2, 0) is 21.4 Å². The molecule has 3 N–H and O–H groups in total. The van der Waals surface area contributed by atoms with Crippen molar-refractivity contribution in [2.75, 3.05) is 20.3 Å². The summed E-state index contributed by atoms with van der Waals surface area (Å²) in [6.07, 6.45) is 0. The van der Waals surface area contributed by atoms with Crippen molar-refractivity contribution in [1.82, 2.24) is 0 Å². The zero-order chi connectivity index (χ0) is 27.2. The SMILES string of the molecule is COc1cc(CS(=O)(=O)O)cc(-c2cccc(C3(c4ccc5c(c4)OCCO5)N=C(N)c4ccccc43)c2)c1. The number of rotatable bonds is 6. The van der Waals surface area contributed by atoms with Gasteiger partial charge in [-0.25, -0.2) is 4.99 Å². The van der Waals surface area contributed by atoms with E-state index in [4.69, 9.17) is 24.9 Å². The van der Waals surface area contributed by atoms with Crippen molar-refractivity contribution in [2.45, 2.75) is 11.3 Å². The number of benzene rings is 4. The zero-order valence-corrected chi connectivity index (χ0v) is 21.9. The van der Waals surface area contributed by atoms with Gasteiger partial charge in [-0.1, -0.05) is 48.5 Å². The van der Waals surface area contributed by atoms with Crippen molar-refractivity contribution in [3.05, 3.63) is 113 Å². The summed E-state index contributed by atoms with van der Waals surface area (Å²) in [5.41, 5.74) is 11.0. The summed E-state index contributed by atoms with van der Waals surface area (Å²) in [6, 6.07) is 26.7. The maximum absolute atomic E-state index is 11.6. The van der Waals surface area contributed by atoms with E-state index in [1.807, 2.05) is 72.8 Å². The van der Waals surface area contributed by atoms with Gasteiger partial charge in [-0.15, -0.1) is 0 Å². The minimum atomic E-state index is -4.22. The topological polar surface area (TPSA) is 120 Å². The third-order valence-corrected chi connectivity index (χ3v) is 7.70. The average Bonchev–Trinajstić information content (AvgIpc) is 3.25. The summed E-state index contributed by atoms with van der Waals surface area (Å²) in [6.45, 7) is 0.955. The van der Waals surface area contributed by atoms with Gasteiger partial charge in [0.05, 0.1) is 7.11 Å². The fraction of sp³-hybridized carbons (Fsp3) is 0.167. The van der Waals surface area contributed by atoms with Gasteiger partial charge in [0.2, 0.25) is 0 Å². The van der Waals surface area contributed by atoms with E-state index in [-0.39, 0.29) is 0 Å². The molecule has 0 fully saturated rings. The second kappa shape index (κ2) is 9.44. The number of nitrogens with zero attached hydrogens (tertiary/aromatic N) is 1. The van der Waals surface area contributed by atoms with Crippen molar-refractivity contribution in [1.29, 1.82) is 0 Å². The Hall–Kier alpha value is -4.34. The Morgan fingerprint density at radius 1 is 0.897 bits per heavy atom. The number of hydrogen-bond donors (Lipinski definition) is 2. The van der Waals surface area contributed by atoms with Gasteiger partial charge in [0.15, 0.2) is 11.5 Å². The largest absolute Gasteiger partial charge is 0.497 e. The van der Waals surface area contributed by atoms with E-state index >= 15 is 0 Å². The van der Waals surface area contributed by atoms with E-state index in [1.54, 1.807) is 12.1 Å². The lowest BCUT2D eigenvalue weighted by atomic mass is 9.76. The van der Waals surface area contributed by atoms with Crippen LogP contribution in [0.2, 0.25) is 0 Å². The van der Waals surface area contributed by atoms with E-state index in [0.29, 0.717) is 41.9 Å². The molecule has 1 atom stereocenters. The summed E-state index contributed by atoms with van der Waals surface area (Å²) in [4.78, 5) is 5.07. The zero-order valence-electron chi connectivity index (χ0n) is 21.1. The molecular weight excluding hydrogens is 516 g/mol. The lowest BCUT2D eigenvalue weighted by Crippen LogP contribution is -2.26. The number of aliphatic imine (C=N–C) groups is 1. The maximum atomic E-state index is 11.6. The third kappa shape index (κ3) is 4.49. The number of ether oxygens (including phenoxy) is 3. The molecule has 0 aliphatic carbocycles. The van der Waals surface area contributed by atoms with Gasteiger partial charge in [-0.3, -0.25) is 4.55 Å². The second-order valence-corrected chi connectivity index (χ2v) is 10.9. The van der Waals surface area contributed by atoms with Crippen LogP contribution in [0.5, 0.6) is 17.2 Å². The maximum Gasteiger partial charge on any atom is 0.269 e. The molecule has 198 valence electrons. The number of fused-ring (bicyclic) bond motifs is 2. The molecule has 0 bridgehead atoms. The molecule has 4 aromatic rings. The molecule has 0 aromatic heterocycles. The summed E-state index contributed by atoms with van der Waals surface area (Å²) >= 11 is 0. The Kier molecular flexibility index (Phi) is 6.05. The minimum Gasteiger partial charge on any atom is -0.497 e. The molecule has 4 aromatic carbocycles. The number of hydrogen-bond acceptors (Lipinski definition) is 7. The van der Waals surface area contributed by atoms with Gasteiger partial charge in [0.25, 0.3) is 10.1 Å². The molecule has 0 spiro atoms. The molecule has 0 amide bonds. The molecule has 2 aliphatic heterocycles. The predicted octanol–water partition coefficient (Wildman–Crippen LogP) is 4.53. The van der Waals surface area contributed by atoms with E-state index in [0.717, 1.165) is 33.4 Å². The lowest BCUT2D eigenvalue weighted by molar-refractivity contribution is 0.171. The van der Waals surface area contributed by atoms with E-state index in [9.17, 15) is 13.0 Å². The van der Waals surface area contributed by atoms with Crippen LogP contribution in [0.1, 0.15) is 27.8 Å². The van der Waals surface area contributed by atoms with Crippen LogP contribution in [0.15, 0.2) is 89.9 Å². The number of nitrogens with two attached hydrogens (primary N) is 1. The number of methoxy groups -OCH3 is 1. The van der Waals surface area contributed by atoms with Crippen LogP contribution >= 0.6 is 0 Å². The highest BCUT2D eigenvalue weighted by molar-refractivity contribution is 7.85. The molecule has 8 nitrogen and oxygen atoms in total. The van der Waals surface area contributed by atoms with Gasteiger partial charge in [0, 0.05) is 5.56 Å². The first kappa shape index (κ1) is 25.0. The quantitative estimate of drug-likeness (QED) is 0.344. The Balaban J connectivity index is 1.55. The van der Waals surface area contributed by atoms with Crippen molar-refractivity contribution in [3.8, 4) is 28.4 Å². The fourth-order valence-electron chi connectivity index (χ4n) is 5.36. The molecule has 39 heavy (non-hydrogen) atoms. The van der Waals surface area contributed by atoms with Crippen LogP contribution in [0, 0.1) is 0 Å². The van der Waals surface area contributed by atoms with Crippen LogP contribution < -0.4 is 19.9 Å². The highest BCUT2D eigenvalue weighted by Crippen LogP contribution is 2.48. The molecule has 0 radical (unpaired) electrons. The molecule has 1 unspecified atom stereocenters. The van der Waals surface area contributed by atoms with E-state index in [1.165, 1.54) is 7.11 Å². The monoisotopic (exact) mass is 542 g/mol. The molecule has 0 saturated heterocycles. The summed E-state index contributed by atoms with van der Waals surface area (Å²) in [7, 11) is -2.71. The highest BCUT2D eigenvalue weighted by atomic mass is 32.2. The molecule has 0 saturated carbocycles. The average molecular weight is 543 g/mol. The first-order chi connectivity index (χ1) is 18.8. The molecule has 9 heteroatoms. The van der Waals surface area contributed by atoms with Gasteiger partial charge in [0.1, 0.15) is 36.1 Å². The first-order valence-electron chi connectivity index (χ1n) is 12.4. The molecule has 2 heterocycles. The first-order valence-corrected chi connectivity index (χ1v) is 14.0. The van der Waals surface area contributed by atoms with Gasteiger partial charge >= 0.3 is 0 Å². The van der Waals surface area contributed by atoms with Gasteiger partial charge < -0.3 is 19.9 Å². The van der Waals surface area contributed by atoms with E-state index < -0.39 is 21.4 Å². The van der Waals surface area contributed by atoms with Crippen LogP contribution in [-0.4, -0.2) is 39.1 Å². The Morgan fingerprint density at radius 3 is 2.46 bits per heavy atom. The van der Waals surface area contributed by atoms with Crippen LogP contribution in [0.25, 0.3) is 11.1 Å². The van der Waals surface area contributed by atoms with Crippen molar-refractivity contribution >= 4 is 16.0 Å². The predicted molar refractivity (Wildman–Crippen MR) is 148 cm³/mol. The molecule has 6 rings (SSSR count). The molecule has 2 aliphatic rings. The summed E-state index contributed by atoms with van der Waals surface area (Å²) in [5, 5.41) is 0. The highest BCUT2D eigenvalue weighted by Gasteiger charge is 2.43. The fourth-order valence-corrected chi connectivity index (χ4v) is 5.95. The van der Waals surface area contributed by atoms with Crippen LogP contribution in [0.4, 0.5) is 0 Å². The van der Waals surface area contributed by atoms with Gasteiger partial charge in [-0.2, -0.15) is 8.42 Å². The van der Waals surface area contributed by atoms with Crippen molar-refractivity contribution in [3.63, 3.8) is 0 Å². The van der Waals surface area contributed by atoms with Gasteiger partial charge in [-0.05, 0) is 69.8 Å². The lowest BCUT2D eigenvalue weighted by Gasteiger charge is -2.31. The number of amidine groups is 1. The van der Waals surface area contributed by atoms with E-state index in [2.05, 4.69) is 0 Å². The standard InChI is InChI=1S/C30H26N2O6S/c1-36-24-14-19(18-39(33,34)35)13-21(16-24)20-5-4-6-22(15-20)30(26-8-3-2-7-25(26)29(31)32-30)23-9-10-27-28(17-23)38-12-11-37-27/h2-10,13-17H,11-12,18H2,1H3,(H2,31,32)(H,33,34,35). The Labute approximate surface area is 226 Å². The minimum absolute atomic E-state index is 0.410. The second-order valence-electron chi connectivity index (χ2n) is 9.49. The molecular formula is C30H26N2O6S.